The van der Waals surface area contributed by atoms with Crippen LogP contribution in [0.5, 0.6) is 0 Å². The average molecular weight is 286 g/mol. The molecule has 108 valence electrons. The molecule has 0 bridgehead atoms. The Morgan fingerprint density at radius 3 is 2.63 bits per heavy atom. The van der Waals surface area contributed by atoms with Crippen LogP contribution in [0.15, 0.2) is 18.2 Å². The quantitative estimate of drug-likeness (QED) is 0.722. The van der Waals surface area contributed by atoms with Crippen molar-refractivity contribution >= 4 is 11.6 Å². The van der Waals surface area contributed by atoms with Crippen molar-refractivity contribution < 1.29 is 4.39 Å². The van der Waals surface area contributed by atoms with Gasteiger partial charge in [0, 0.05) is 11.1 Å². The smallest absolute Gasteiger partial charge is 0.126 e. The molecule has 1 aromatic carbocycles. The largest absolute Gasteiger partial charge is 0.313 e. The maximum atomic E-state index is 13.8. The zero-order valence-corrected chi connectivity index (χ0v) is 12.9. The number of rotatable bonds is 8. The van der Waals surface area contributed by atoms with Crippen LogP contribution in [0.3, 0.4) is 0 Å². The van der Waals surface area contributed by atoms with Crippen LogP contribution in [0.4, 0.5) is 4.39 Å². The Balaban J connectivity index is 2.77. The summed E-state index contributed by atoms with van der Waals surface area (Å²) >= 11 is 5.96. The first-order chi connectivity index (χ1) is 9.08. The fourth-order valence-corrected chi connectivity index (χ4v) is 2.59. The minimum atomic E-state index is -0.156. The first-order valence-electron chi connectivity index (χ1n) is 7.25. The van der Waals surface area contributed by atoms with Crippen molar-refractivity contribution in [2.75, 3.05) is 6.54 Å². The minimum absolute atomic E-state index is 0.156. The third-order valence-electron chi connectivity index (χ3n) is 3.54. The molecule has 1 rings (SSSR count). The molecule has 0 aromatic heterocycles. The van der Waals surface area contributed by atoms with E-state index in [1.165, 1.54) is 6.07 Å². The third-order valence-corrected chi connectivity index (χ3v) is 3.77. The van der Waals surface area contributed by atoms with Gasteiger partial charge in [0.2, 0.25) is 0 Å². The van der Waals surface area contributed by atoms with E-state index in [0.29, 0.717) is 29.0 Å². The molecule has 1 nitrogen and oxygen atoms in total. The lowest BCUT2D eigenvalue weighted by Crippen LogP contribution is -2.37. The molecule has 0 heterocycles. The minimum Gasteiger partial charge on any atom is -0.313 e. The number of nitrogens with one attached hydrogen (secondary N) is 1. The summed E-state index contributed by atoms with van der Waals surface area (Å²) in [5.41, 5.74) is 0.712. The summed E-state index contributed by atoms with van der Waals surface area (Å²) in [7, 11) is 0. The molecule has 19 heavy (non-hydrogen) atoms. The molecular weight excluding hydrogens is 261 g/mol. The normalized spacial score (nSPS) is 14.4. The van der Waals surface area contributed by atoms with E-state index >= 15 is 0 Å². The summed E-state index contributed by atoms with van der Waals surface area (Å²) in [6, 6.07) is 5.12. The van der Waals surface area contributed by atoms with Crippen molar-refractivity contribution in [2.45, 2.75) is 52.5 Å². The molecule has 0 saturated heterocycles. The molecule has 0 aliphatic heterocycles. The van der Waals surface area contributed by atoms with Crippen LogP contribution >= 0.6 is 11.6 Å². The molecule has 0 spiro atoms. The molecule has 0 saturated carbocycles. The highest BCUT2D eigenvalue weighted by Gasteiger charge is 2.18. The van der Waals surface area contributed by atoms with Crippen molar-refractivity contribution in [2.24, 2.45) is 5.92 Å². The van der Waals surface area contributed by atoms with E-state index in [9.17, 15) is 4.39 Å². The average Bonchev–Trinajstić information content (AvgIpc) is 2.38. The van der Waals surface area contributed by atoms with Crippen molar-refractivity contribution in [3.05, 3.63) is 34.6 Å². The van der Waals surface area contributed by atoms with Crippen LogP contribution < -0.4 is 5.32 Å². The van der Waals surface area contributed by atoms with Crippen molar-refractivity contribution in [3.63, 3.8) is 0 Å². The van der Waals surface area contributed by atoms with Crippen LogP contribution in [-0.2, 0) is 6.42 Å². The molecule has 0 fully saturated rings. The topological polar surface area (TPSA) is 12.0 Å². The second-order valence-electron chi connectivity index (χ2n) is 5.27. The molecule has 0 radical (unpaired) electrons. The van der Waals surface area contributed by atoms with E-state index in [1.54, 1.807) is 12.1 Å². The van der Waals surface area contributed by atoms with Gasteiger partial charge >= 0.3 is 0 Å². The maximum Gasteiger partial charge on any atom is 0.126 e. The Kier molecular flexibility index (Phi) is 7.40. The second kappa shape index (κ2) is 8.55. The number of benzene rings is 1. The zero-order chi connectivity index (χ0) is 14.3. The van der Waals surface area contributed by atoms with E-state index in [0.717, 1.165) is 25.8 Å². The monoisotopic (exact) mass is 285 g/mol. The van der Waals surface area contributed by atoms with Crippen molar-refractivity contribution in [3.8, 4) is 0 Å². The third kappa shape index (κ3) is 5.50. The fourth-order valence-electron chi connectivity index (χ4n) is 2.40. The van der Waals surface area contributed by atoms with Gasteiger partial charge in [-0.3, -0.25) is 0 Å². The van der Waals surface area contributed by atoms with E-state index in [2.05, 4.69) is 26.1 Å². The Labute approximate surface area is 121 Å². The molecule has 2 unspecified atom stereocenters. The van der Waals surface area contributed by atoms with Gasteiger partial charge < -0.3 is 5.32 Å². The Morgan fingerprint density at radius 1 is 1.26 bits per heavy atom. The van der Waals surface area contributed by atoms with Crippen LogP contribution in [0.2, 0.25) is 5.02 Å². The molecule has 3 heteroatoms. The highest BCUT2D eigenvalue weighted by atomic mass is 35.5. The van der Waals surface area contributed by atoms with Gasteiger partial charge in [-0.05, 0) is 55.5 Å². The SMILES string of the molecule is CCCNC(Cc1cc(Cl)ccc1F)C(C)CCC. The molecule has 0 amide bonds. The summed E-state index contributed by atoms with van der Waals surface area (Å²) in [4.78, 5) is 0. The predicted molar refractivity (Wildman–Crippen MR) is 81.3 cm³/mol. The molecule has 0 aliphatic carbocycles. The molecular formula is C16H25ClFN. The summed E-state index contributed by atoms with van der Waals surface area (Å²) in [5, 5.41) is 4.14. The van der Waals surface area contributed by atoms with Gasteiger partial charge in [0.15, 0.2) is 0 Å². The van der Waals surface area contributed by atoms with Crippen LogP contribution in [-0.4, -0.2) is 12.6 Å². The second-order valence-corrected chi connectivity index (χ2v) is 5.70. The van der Waals surface area contributed by atoms with Crippen molar-refractivity contribution in [1.29, 1.82) is 0 Å². The summed E-state index contributed by atoms with van der Waals surface area (Å²) in [5.74, 6) is 0.381. The first kappa shape index (κ1) is 16.5. The highest BCUT2D eigenvalue weighted by molar-refractivity contribution is 6.30. The zero-order valence-electron chi connectivity index (χ0n) is 12.2. The van der Waals surface area contributed by atoms with Gasteiger partial charge in [-0.1, -0.05) is 38.8 Å². The summed E-state index contributed by atoms with van der Waals surface area (Å²) in [6.07, 6.45) is 4.11. The lowest BCUT2D eigenvalue weighted by atomic mass is 9.91. The van der Waals surface area contributed by atoms with E-state index in [-0.39, 0.29) is 5.82 Å². The van der Waals surface area contributed by atoms with E-state index < -0.39 is 0 Å². The molecule has 2 atom stereocenters. The van der Waals surface area contributed by atoms with Crippen molar-refractivity contribution in [1.82, 2.24) is 5.32 Å². The van der Waals surface area contributed by atoms with Gasteiger partial charge in [0.25, 0.3) is 0 Å². The molecule has 0 aliphatic rings. The summed E-state index contributed by atoms with van der Waals surface area (Å²) in [6.45, 7) is 7.54. The van der Waals surface area contributed by atoms with Gasteiger partial charge in [-0.2, -0.15) is 0 Å². The lowest BCUT2D eigenvalue weighted by molar-refractivity contribution is 0.349. The standard InChI is InChI=1S/C16H25ClFN/c1-4-6-12(3)16(19-9-5-2)11-13-10-14(17)7-8-15(13)18/h7-8,10,12,16,19H,4-6,9,11H2,1-3H3. The number of hydrogen-bond acceptors (Lipinski definition) is 1. The number of hydrogen-bond donors (Lipinski definition) is 1. The van der Waals surface area contributed by atoms with Gasteiger partial charge in [0.1, 0.15) is 5.82 Å². The van der Waals surface area contributed by atoms with Crippen LogP contribution in [0.25, 0.3) is 0 Å². The highest BCUT2D eigenvalue weighted by Crippen LogP contribution is 2.20. The Bertz CT molecular complexity index is 381. The molecule has 1 aromatic rings. The fraction of sp³-hybridized carbons (Fsp3) is 0.625. The lowest BCUT2D eigenvalue weighted by Gasteiger charge is -2.25. The van der Waals surface area contributed by atoms with Gasteiger partial charge in [0.05, 0.1) is 0 Å². The summed E-state index contributed by atoms with van der Waals surface area (Å²) < 4.78 is 13.8. The Morgan fingerprint density at radius 2 is 2.00 bits per heavy atom. The predicted octanol–water partition coefficient (Wildman–Crippen LogP) is 4.83. The Hall–Kier alpha value is -0.600. The van der Waals surface area contributed by atoms with Gasteiger partial charge in [-0.25, -0.2) is 4.39 Å². The van der Waals surface area contributed by atoms with E-state index in [4.69, 9.17) is 11.6 Å². The van der Waals surface area contributed by atoms with E-state index in [1.807, 2.05) is 0 Å². The maximum absolute atomic E-state index is 13.8. The first-order valence-corrected chi connectivity index (χ1v) is 7.63. The van der Waals surface area contributed by atoms with Crippen LogP contribution in [0.1, 0.15) is 45.6 Å². The van der Waals surface area contributed by atoms with Gasteiger partial charge in [-0.15, -0.1) is 0 Å². The van der Waals surface area contributed by atoms with Crippen LogP contribution in [0, 0.1) is 11.7 Å². The molecule has 1 N–H and O–H groups in total. The number of halogens is 2.